The SMILES string of the molecule is N#CCOc1ccccc1C(=O)N1C[C@@H]2CCS(=O)(=O)[C@@H]2C1. The van der Waals surface area contributed by atoms with E-state index < -0.39 is 15.1 Å². The molecule has 22 heavy (non-hydrogen) atoms. The van der Waals surface area contributed by atoms with Crippen LogP contribution in [0.5, 0.6) is 5.75 Å². The van der Waals surface area contributed by atoms with Crippen LogP contribution in [-0.4, -0.2) is 49.9 Å². The molecule has 2 heterocycles. The van der Waals surface area contributed by atoms with Crippen LogP contribution < -0.4 is 4.74 Å². The van der Waals surface area contributed by atoms with Crippen LogP contribution in [0.3, 0.4) is 0 Å². The van der Waals surface area contributed by atoms with E-state index in [4.69, 9.17) is 10.00 Å². The van der Waals surface area contributed by atoms with Gasteiger partial charge in [-0.25, -0.2) is 8.42 Å². The molecule has 1 amide bonds. The maximum absolute atomic E-state index is 12.6. The zero-order valence-electron chi connectivity index (χ0n) is 11.9. The molecule has 2 saturated heterocycles. The summed E-state index contributed by atoms with van der Waals surface area (Å²) in [5.74, 6) is 0.389. The first-order chi connectivity index (χ1) is 10.5. The lowest BCUT2D eigenvalue weighted by atomic mass is 10.1. The maximum atomic E-state index is 12.6. The minimum absolute atomic E-state index is 0.0427. The van der Waals surface area contributed by atoms with Crippen LogP contribution in [0.25, 0.3) is 0 Å². The molecule has 6 nitrogen and oxygen atoms in total. The Morgan fingerprint density at radius 3 is 2.86 bits per heavy atom. The molecule has 2 atom stereocenters. The molecular formula is C15H16N2O4S. The van der Waals surface area contributed by atoms with Crippen molar-refractivity contribution in [2.75, 3.05) is 25.4 Å². The average Bonchev–Trinajstić information content (AvgIpc) is 3.06. The zero-order valence-corrected chi connectivity index (χ0v) is 12.8. The first-order valence-corrected chi connectivity index (χ1v) is 8.84. The van der Waals surface area contributed by atoms with Gasteiger partial charge in [0.25, 0.3) is 5.91 Å². The second-order valence-corrected chi connectivity index (χ2v) is 7.95. The summed E-state index contributed by atoms with van der Waals surface area (Å²) < 4.78 is 29.2. The van der Waals surface area contributed by atoms with E-state index in [0.29, 0.717) is 24.3 Å². The summed E-state index contributed by atoms with van der Waals surface area (Å²) in [5.41, 5.74) is 0.370. The van der Waals surface area contributed by atoms with Crippen LogP contribution in [0.4, 0.5) is 0 Å². The second-order valence-electron chi connectivity index (χ2n) is 5.61. The van der Waals surface area contributed by atoms with Crippen molar-refractivity contribution in [2.24, 2.45) is 5.92 Å². The second kappa shape index (κ2) is 5.61. The highest BCUT2D eigenvalue weighted by molar-refractivity contribution is 7.92. The minimum Gasteiger partial charge on any atom is -0.478 e. The van der Waals surface area contributed by atoms with E-state index in [2.05, 4.69) is 0 Å². The molecule has 0 aromatic heterocycles. The van der Waals surface area contributed by atoms with Crippen molar-refractivity contribution < 1.29 is 17.9 Å². The van der Waals surface area contributed by atoms with Gasteiger partial charge in [-0.2, -0.15) is 5.26 Å². The maximum Gasteiger partial charge on any atom is 0.257 e. The third kappa shape index (κ3) is 2.55. The monoisotopic (exact) mass is 320 g/mol. The molecule has 7 heteroatoms. The fourth-order valence-corrected chi connectivity index (χ4v) is 5.36. The lowest BCUT2D eigenvalue weighted by molar-refractivity contribution is 0.0783. The number of hydrogen-bond donors (Lipinski definition) is 0. The van der Waals surface area contributed by atoms with Gasteiger partial charge < -0.3 is 9.64 Å². The lowest BCUT2D eigenvalue weighted by Gasteiger charge is -2.18. The fraction of sp³-hybridized carbons (Fsp3) is 0.467. The third-order valence-electron chi connectivity index (χ3n) is 4.31. The number of para-hydroxylation sites is 1. The van der Waals surface area contributed by atoms with Crippen LogP contribution in [0, 0.1) is 17.2 Å². The van der Waals surface area contributed by atoms with E-state index in [9.17, 15) is 13.2 Å². The molecule has 2 aliphatic heterocycles. The number of nitrogens with zero attached hydrogens (tertiary/aromatic N) is 2. The fourth-order valence-electron chi connectivity index (χ4n) is 3.21. The van der Waals surface area contributed by atoms with Crippen LogP contribution in [0.1, 0.15) is 16.8 Å². The molecule has 0 aliphatic carbocycles. The predicted molar refractivity (Wildman–Crippen MR) is 79.1 cm³/mol. The molecule has 0 radical (unpaired) electrons. The Morgan fingerprint density at radius 2 is 2.14 bits per heavy atom. The van der Waals surface area contributed by atoms with Crippen molar-refractivity contribution in [1.29, 1.82) is 5.26 Å². The summed E-state index contributed by atoms with van der Waals surface area (Å²) in [5, 5.41) is 8.17. The number of sulfone groups is 1. The van der Waals surface area contributed by atoms with Crippen molar-refractivity contribution >= 4 is 15.7 Å². The number of likely N-dealkylation sites (tertiary alicyclic amines) is 1. The molecule has 0 saturated carbocycles. The normalized spacial score (nSPS) is 25.5. The molecule has 1 aromatic carbocycles. The van der Waals surface area contributed by atoms with Crippen LogP contribution >= 0.6 is 0 Å². The molecule has 0 unspecified atom stereocenters. The van der Waals surface area contributed by atoms with Gasteiger partial charge in [-0.1, -0.05) is 12.1 Å². The van der Waals surface area contributed by atoms with E-state index in [1.54, 1.807) is 29.2 Å². The largest absolute Gasteiger partial charge is 0.478 e. The Hall–Kier alpha value is -2.07. The van der Waals surface area contributed by atoms with Crippen molar-refractivity contribution in [2.45, 2.75) is 11.7 Å². The standard InChI is InChI=1S/C15H16N2O4S/c16-6-7-21-13-4-2-1-3-12(13)15(18)17-9-11-5-8-22(19,20)14(11)10-17/h1-4,11,14H,5,7-10H2/t11-,14+/m0/s1. The lowest BCUT2D eigenvalue weighted by Crippen LogP contribution is -2.32. The highest BCUT2D eigenvalue weighted by Crippen LogP contribution is 2.34. The number of carbonyl (C=O) groups is 1. The van der Waals surface area contributed by atoms with Crippen molar-refractivity contribution in [3.8, 4) is 11.8 Å². The number of benzene rings is 1. The molecule has 1 aromatic rings. The molecule has 0 N–H and O–H groups in total. The van der Waals surface area contributed by atoms with Gasteiger partial charge in [-0.3, -0.25) is 4.79 Å². The van der Waals surface area contributed by atoms with Gasteiger partial charge >= 0.3 is 0 Å². The van der Waals surface area contributed by atoms with Gasteiger partial charge in [0.15, 0.2) is 16.4 Å². The van der Waals surface area contributed by atoms with Crippen molar-refractivity contribution in [3.63, 3.8) is 0 Å². The summed E-state index contributed by atoms with van der Waals surface area (Å²) in [4.78, 5) is 14.2. The van der Waals surface area contributed by atoms with Crippen LogP contribution in [-0.2, 0) is 9.84 Å². The molecule has 116 valence electrons. The van der Waals surface area contributed by atoms with Gasteiger partial charge in [0.2, 0.25) is 0 Å². The van der Waals surface area contributed by atoms with E-state index in [-0.39, 0.29) is 30.7 Å². The Labute approximate surface area is 129 Å². The first-order valence-electron chi connectivity index (χ1n) is 7.12. The molecule has 2 aliphatic rings. The highest BCUT2D eigenvalue weighted by Gasteiger charge is 2.47. The topological polar surface area (TPSA) is 87.5 Å². The summed E-state index contributed by atoms with van der Waals surface area (Å²) in [6, 6.07) is 8.59. The zero-order chi connectivity index (χ0) is 15.7. The molecule has 2 fully saturated rings. The third-order valence-corrected chi connectivity index (χ3v) is 6.57. The Kier molecular flexibility index (Phi) is 3.79. The van der Waals surface area contributed by atoms with Crippen molar-refractivity contribution in [3.05, 3.63) is 29.8 Å². The molecule has 0 spiro atoms. The van der Waals surface area contributed by atoms with E-state index in [1.165, 1.54) is 0 Å². The Bertz CT molecular complexity index is 738. The summed E-state index contributed by atoms with van der Waals surface area (Å²) >= 11 is 0. The average molecular weight is 320 g/mol. The summed E-state index contributed by atoms with van der Waals surface area (Å²) in [6.45, 7) is 0.581. The van der Waals surface area contributed by atoms with Crippen LogP contribution in [0.2, 0.25) is 0 Å². The Morgan fingerprint density at radius 1 is 1.36 bits per heavy atom. The minimum atomic E-state index is -3.06. The molecule has 3 rings (SSSR count). The number of hydrogen-bond acceptors (Lipinski definition) is 5. The van der Waals surface area contributed by atoms with Crippen molar-refractivity contribution in [1.82, 2.24) is 4.90 Å². The molecular weight excluding hydrogens is 304 g/mol. The van der Waals surface area contributed by atoms with Gasteiger partial charge in [0.1, 0.15) is 11.8 Å². The summed E-state index contributed by atoms with van der Waals surface area (Å²) in [6.07, 6.45) is 0.628. The van der Waals surface area contributed by atoms with Gasteiger partial charge in [-0.15, -0.1) is 0 Å². The van der Waals surface area contributed by atoms with Gasteiger partial charge in [0.05, 0.1) is 16.6 Å². The summed E-state index contributed by atoms with van der Waals surface area (Å²) in [7, 11) is -3.06. The molecule has 0 bridgehead atoms. The highest BCUT2D eigenvalue weighted by atomic mass is 32.2. The number of nitriles is 1. The Balaban J connectivity index is 1.80. The number of fused-ring (bicyclic) bond motifs is 1. The quantitative estimate of drug-likeness (QED) is 0.824. The van der Waals surface area contributed by atoms with E-state index in [0.717, 1.165) is 0 Å². The van der Waals surface area contributed by atoms with Crippen LogP contribution in [0.15, 0.2) is 24.3 Å². The number of amides is 1. The van der Waals surface area contributed by atoms with Gasteiger partial charge in [0, 0.05) is 13.1 Å². The number of carbonyl (C=O) groups excluding carboxylic acids is 1. The number of ether oxygens (including phenoxy) is 1. The predicted octanol–water partition coefficient (Wildman–Crippen LogP) is 0.848. The smallest absolute Gasteiger partial charge is 0.257 e. The van der Waals surface area contributed by atoms with E-state index in [1.807, 2.05) is 6.07 Å². The first kappa shape index (κ1) is 14.9. The van der Waals surface area contributed by atoms with E-state index >= 15 is 0 Å². The number of rotatable bonds is 3. The van der Waals surface area contributed by atoms with Gasteiger partial charge in [-0.05, 0) is 24.5 Å².